The van der Waals surface area contributed by atoms with Crippen molar-refractivity contribution in [3.8, 4) is 0 Å². The lowest BCUT2D eigenvalue weighted by Gasteiger charge is -1.87. The first kappa shape index (κ1) is 8.00. The maximum atomic E-state index is 8.81. The minimum Gasteiger partial charge on any atom is -0.388 e. The van der Waals surface area contributed by atoms with E-state index >= 15 is 0 Å². The van der Waals surface area contributed by atoms with Crippen molar-refractivity contribution < 1.29 is 5.11 Å². The third-order valence-electron chi connectivity index (χ3n) is 1.64. The first-order valence-electron chi connectivity index (χ1n) is 3.54. The van der Waals surface area contributed by atoms with Crippen molar-refractivity contribution >= 4 is 33.6 Å². The number of benzene rings is 1. The fourth-order valence-electron chi connectivity index (χ4n) is 1.11. The number of nitrogens with zero attached hydrogens (tertiary/aromatic N) is 1. The number of aliphatic hydroxyl groups excluding tert-OH is 1. The SMILES string of the molecule is OCc1nc2ccc(I)cc2[nH]1. The molecule has 0 unspecified atom stereocenters. The molecular formula is C8H7IN2O. The van der Waals surface area contributed by atoms with Gasteiger partial charge < -0.3 is 10.1 Å². The summed E-state index contributed by atoms with van der Waals surface area (Å²) in [5.74, 6) is 0.618. The summed E-state index contributed by atoms with van der Waals surface area (Å²) in [5.41, 5.74) is 1.88. The Hall–Kier alpha value is -0.620. The van der Waals surface area contributed by atoms with Crippen LogP contribution < -0.4 is 0 Å². The zero-order valence-electron chi connectivity index (χ0n) is 6.21. The van der Waals surface area contributed by atoms with Gasteiger partial charge in [-0.3, -0.25) is 0 Å². The van der Waals surface area contributed by atoms with Gasteiger partial charge in [0.15, 0.2) is 0 Å². The minimum atomic E-state index is -0.0364. The van der Waals surface area contributed by atoms with Crippen LogP contribution in [0.25, 0.3) is 11.0 Å². The van der Waals surface area contributed by atoms with E-state index in [1.807, 2.05) is 18.2 Å². The number of hydrogen-bond donors (Lipinski definition) is 2. The third-order valence-corrected chi connectivity index (χ3v) is 2.31. The topological polar surface area (TPSA) is 48.9 Å². The quantitative estimate of drug-likeness (QED) is 0.777. The van der Waals surface area contributed by atoms with Gasteiger partial charge in [0.2, 0.25) is 0 Å². The lowest BCUT2D eigenvalue weighted by molar-refractivity contribution is 0.273. The van der Waals surface area contributed by atoms with E-state index in [2.05, 4.69) is 32.6 Å². The fourth-order valence-corrected chi connectivity index (χ4v) is 1.60. The summed E-state index contributed by atoms with van der Waals surface area (Å²) in [6, 6.07) is 5.93. The summed E-state index contributed by atoms with van der Waals surface area (Å²) < 4.78 is 1.16. The van der Waals surface area contributed by atoms with Crippen LogP contribution in [0.5, 0.6) is 0 Å². The van der Waals surface area contributed by atoms with Crippen LogP contribution in [0.3, 0.4) is 0 Å². The Morgan fingerprint density at radius 3 is 3.08 bits per heavy atom. The number of H-pyrrole nitrogens is 1. The first-order valence-corrected chi connectivity index (χ1v) is 4.62. The predicted octanol–water partition coefficient (Wildman–Crippen LogP) is 1.66. The largest absolute Gasteiger partial charge is 0.388 e. The lowest BCUT2D eigenvalue weighted by atomic mass is 10.3. The van der Waals surface area contributed by atoms with Crippen LogP contribution in [0.15, 0.2) is 18.2 Å². The zero-order valence-corrected chi connectivity index (χ0v) is 8.37. The highest BCUT2D eigenvalue weighted by molar-refractivity contribution is 14.1. The fraction of sp³-hybridized carbons (Fsp3) is 0.125. The van der Waals surface area contributed by atoms with E-state index < -0.39 is 0 Å². The molecule has 0 bridgehead atoms. The molecule has 1 aromatic heterocycles. The van der Waals surface area contributed by atoms with Gasteiger partial charge in [-0.15, -0.1) is 0 Å². The molecule has 0 spiro atoms. The molecule has 0 atom stereocenters. The van der Waals surface area contributed by atoms with Gasteiger partial charge >= 0.3 is 0 Å². The van der Waals surface area contributed by atoms with Crippen LogP contribution in [0.1, 0.15) is 5.82 Å². The molecule has 0 aliphatic carbocycles. The van der Waals surface area contributed by atoms with E-state index in [9.17, 15) is 0 Å². The number of imidazole rings is 1. The first-order chi connectivity index (χ1) is 5.79. The van der Waals surface area contributed by atoms with Crippen molar-refractivity contribution in [2.24, 2.45) is 0 Å². The van der Waals surface area contributed by atoms with Crippen LogP contribution in [0.4, 0.5) is 0 Å². The second-order valence-electron chi connectivity index (χ2n) is 2.50. The van der Waals surface area contributed by atoms with Gasteiger partial charge in [0.1, 0.15) is 12.4 Å². The number of halogens is 1. The van der Waals surface area contributed by atoms with Crippen LogP contribution in [-0.4, -0.2) is 15.1 Å². The normalized spacial score (nSPS) is 10.8. The second-order valence-corrected chi connectivity index (χ2v) is 3.75. The molecule has 4 heteroatoms. The number of aromatic amines is 1. The van der Waals surface area contributed by atoms with E-state index in [-0.39, 0.29) is 6.61 Å². The van der Waals surface area contributed by atoms with E-state index in [0.717, 1.165) is 14.6 Å². The molecule has 62 valence electrons. The monoisotopic (exact) mass is 274 g/mol. The third kappa shape index (κ3) is 1.32. The van der Waals surface area contributed by atoms with E-state index in [4.69, 9.17) is 5.11 Å². The Labute approximate surface area is 83.0 Å². The van der Waals surface area contributed by atoms with Crippen molar-refractivity contribution in [1.29, 1.82) is 0 Å². The van der Waals surface area contributed by atoms with Crippen molar-refractivity contribution in [3.05, 3.63) is 27.6 Å². The number of aromatic nitrogens is 2. The highest BCUT2D eigenvalue weighted by Gasteiger charge is 2.00. The molecule has 0 saturated heterocycles. The predicted molar refractivity (Wildman–Crippen MR) is 54.7 cm³/mol. The number of hydrogen-bond acceptors (Lipinski definition) is 2. The Kier molecular flexibility index (Phi) is 2.02. The molecule has 1 heterocycles. The molecule has 0 aliphatic heterocycles. The van der Waals surface area contributed by atoms with Crippen molar-refractivity contribution in [2.75, 3.05) is 0 Å². The molecule has 0 radical (unpaired) electrons. The Balaban J connectivity index is 2.67. The van der Waals surface area contributed by atoms with Crippen LogP contribution >= 0.6 is 22.6 Å². The minimum absolute atomic E-state index is 0.0364. The highest BCUT2D eigenvalue weighted by Crippen LogP contribution is 2.14. The molecule has 0 aliphatic rings. The summed E-state index contributed by atoms with van der Waals surface area (Å²) in [4.78, 5) is 7.18. The molecule has 12 heavy (non-hydrogen) atoms. The van der Waals surface area contributed by atoms with E-state index in [1.165, 1.54) is 0 Å². The second kappa shape index (κ2) is 3.02. The Morgan fingerprint density at radius 1 is 1.50 bits per heavy atom. The average molecular weight is 274 g/mol. The van der Waals surface area contributed by atoms with Crippen LogP contribution in [0.2, 0.25) is 0 Å². The summed E-state index contributed by atoms with van der Waals surface area (Å²) in [5, 5.41) is 8.81. The zero-order chi connectivity index (χ0) is 8.55. The summed E-state index contributed by atoms with van der Waals surface area (Å²) >= 11 is 2.24. The molecule has 2 aromatic rings. The Morgan fingerprint density at radius 2 is 2.33 bits per heavy atom. The van der Waals surface area contributed by atoms with Crippen molar-refractivity contribution in [2.45, 2.75) is 6.61 Å². The number of nitrogens with one attached hydrogen (secondary N) is 1. The van der Waals surface area contributed by atoms with Gasteiger partial charge in [-0.1, -0.05) is 0 Å². The van der Waals surface area contributed by atoms with Gasteiger partial charge in [0, 0.05) is 3.57 Å². The van der Waals surface area contributed by atoms with Gasteiger partial charge in [0.25, 0.3) is 0 Å². The van der Waals surface area contributed by atoms with Crippen molar-refractivity contribution in [1.82, 2.24) is 9.97 Å². The molecule has 0 saturated carbocycles. The molecule has 0 fully saturated rings. The summed E-state index contributed by atoms with van der Waals surface area (Å²) in [6.07, 6.45) is 0. The van der Waals surface area contributed by atoms with Crippen molar-refractivity contribution in [3.63, 3.8) is 0 Å². The smallest absolute Gasteiger partial charge is 0.133 e. The maximum absolute atomic E-state index is 8.81. The average Bonchev–Trinajstić information content (AvgIpc) is 2.46. The van der Waals surface area contributed by atoms with E-state index in [0.29, 0.717) is 5.82 Å². The Bertz CT molecular complexity index is 410. The van der Waals surface area contributed by atoms with Gasteiger partial charge in [0.05, 0.1) is 11.0 Å². The molecule has 0 amide bonds. The molecule has 2 rings (SSSR count). The van der Waals surface area contributed by atoms with E-state index in [1.54, 1.807) is 0 Å². The number of fused-ring (bicyclic) bond motifs is 1. The summed E-state index contributed by atoms with van der Waals surface area (Å²) in [7, 11) is 0. The highest BCUT2D eigenvalue weighted by atomic mass is 127. The molecular weight excluding hydrogens is 267 g/mol. The molecule has 1 aromatic carbocycles. The van der Waals surface area contributed by atoms with Gasteiger partial charge in [-0.05, 0) is 40.8 Å². The molecule has 3 nitrogen and oxygen atoms in total. The van der Waals surface area contributed by atoms with Gasteiger partial charge in [-0.25, -0.2) is 4.98 Å². The van der Waals surface area contributed by atoms with Crippen LogP contribution in [0, 0.1) is 3.57 Å². The maximum Gasteiger partial charge on any atom is 0.133 e. The number of aliphatic hydroxyl groups is 1. The van der Waals surface area contributed by atoms with Crippen LogP contribution in [-0.2, 0) is 6.61 Å². The summed E-state index contributed by atoms with van der Waals surface area (Å²) in [6.45, 7) is -0.0364. The number of rotatable bonds is 1. The van der Waals surface area contributed by atoms with Gasteiger partial charge in [-0.2, -0.15) is 0 Å². The lowest BCUT2D eigenvalue weighted by Crippen LogP contribution is -1.83. The molecule has 2 N–H and O–H groups in total. The standard InChI is InChI=1S/C8H7IN2O/c9-5-1-2-6-7(3-5)11-8(4-12)10-6/h1-3,12H,4H2,(H,10,11).